The van der Waals surface area contributed by atoms with Gasteiger partial charge in [0.25, 0.3) is 0 Å². The van der Waals surface area contributed by atoms with E-state index in [1.54, 1.807) is 27.7 Å². The van der Waals surface area contributed by atoms with Gasteiger partial charge in [-0.05, 0) is 27.7 Å². The van der Waals surface area contributed by atoms with Crippen LogP contribution < -0.4 is 0 Å². The Balaban J connectivity index is 3.36. The van der Waals surface area contributed by atoms with Gasteiger partial charge >= 0.3 is 11.9 Å². The summed E-state index contributed by atoms with van der Waals surface area (Å²) in [7, 11) is 0. The van der Waals surface area contributed by atoms with Gasteiger partial charge in [-0.3, -0.25) is 9.59 Å². The second kappa shape index (κ2) is 3.47. The fraction of sp³-hybridized carbons (Fsp3) is 0.500. The van der Waals surface area contributed by atoms with Gasteiger partial charge in [-0.25, -0.2) is 0 Å². The van der Waals surface area contributed by atoms with Crippen molar-refractivity contribution in [1.29, 1.82) is 0 Å². The minimum absolute atomic E-state index is 0.551. The normalized spacial score (nSPS) is 34.0. The van der Waals surface area contributed by atoms with Crippen LogP contribution in [-0.2, 0) is 9.59 Å². The second-order valence-corrected chi connectivity index (χ2v) is 4.67. The molecule has 0 spiro atoms. The first-order chi connectivity index (χ1) is 7.14. The zero-order valence-electron chi connectivity index (χ0n) is 9.87. The molecule has 1 aliphatic rings. The molecule has 0 radical (unpaired) electrons. The number of rotatable bonds is 2. The van der Waals surface area contributed by atoms with E-state index in [9.17, 15) is 9.59 Å². The van der Waals surface area contributed by atoms with E-state index in [2.05, 4.69) is 0 Å². The largest absolute Gasteiger partial charge is 0.480 e. The summed E-state index contributed by atoms with van der Waals surface area (Å²) in [6.07, 6.45) is 3.05. The lowest BCUT2D eigenvalue weighted by Crippen LogP contribution is -2.37. The molecule has 0 bridgehead atoms. The highest BCUT2D eigenvalue weighted by Gasteiger charge is 2.43. The first kappa shape index (κ1) is 12.5. The number of carbonyl (C=O) groups is 2. The lowest BCUT2D eigenvalue weighted by Gasteiger charge is -2.34. The maximum Gasteiger partial charge on any atom is 0.317 e. The van der Waals surface area contributed by atoms with Crippen molar-refractivity contribution in [3.8, 4) is 0 Å². The zero-order valence-corrected chi connectivity index (χ0v) is 9.87. The van der Waals surface area contributed by atoms with E-state index in [1.807, 2.05) is 0 Å². The van der Waals surface area contributed by atoms with Crippen LogP contribution >= 0.6 is 0 Å². The van der Waals surface area contributed by atoms with Crippen LogP contribution in [0.5, 0.6) is 0 Å². The monoisotopic (exact) mass is 224 g/mol. The molecule has 0 fully saturated rings. The Hall–Kier alpha value is -1.58. The van der Waals surface area contributed by atoms with E-state index >= 15 is 0 Å². The molecular weight excluding hydrogens is 208 g/mol. The highest BCUT2D eigenvalue weighted by Crippen LogP contribution is 2.43. The molecule has 0 saturated carbocycles. The van der Waals surface area contributed by atoms with Crippen LogP contribution in [0.1, 0.15) is 27.7 Å². The minimum atomic E-state index is -1.10. The molecule has 4 heteroatoms. The van der Waals surface area contributed by atoms with Crippen LogP contribution in [0, 0.1) is 10.8 Å². The first-order valence-electron chi connectivity index (χ1n) is 5.01. The van der Waals surface area contributed by atoms with Crippen molar-refractivity contribution in [2.45, 2.75) is 27.7 Å². The average Bonchev–Trinajstić information content (AvgIpc) is 2.14. The highest BCUT2D eigenvalue weighted by atomic mass is 16.4. The van der Waals surface area contributed by atoms with Crippen LogP contribution in [-0.4, -0.2) is 22.2 Å². The summed E-state index contributed by atoms with van der Waals surface area (Å²) >= 11 is 0. The van der Waals surface area contributed by atoms with E-state index in [0.717, 1.165) is 0 Å². The molecule has 0 saturated heterocycles. The summed E-state index contributed by atoms with van der Waals surface area (Å²) in [6, 6.07) is 0. The smallest absolute Gasteiger partial charge is 0.317 e. The van der Waals surface area contributed by atoms with Crippen LogP contribution in [0.3, 0.4) is 0 Å². The van der Waals surface area contributed by atoms with E-state index in [0.29, 0.717) is 11.1 Å². The molecule has 2 unspecified atom stereocenters. The van der Waals surface area contributed by atoms with E-state index < -0.39 is 22.8 Å². The average molecular weight is 224 g/mol. The van der Waals surface area contributed by atoms with Gasteiger partial charge in [0.15, 0.2) is 0 Å². The fourth-order valence-electron chi connectivity index (χ4n) is 1.85. The van der Waals surface area contributed by atoms with Crippen molar-refractivity contribution >= 4 is 11.9 Å². The predicted molar refractivity (Wildman–Crippen MR) is 59.0 cm³/mol. The third-order valence-electron chi connectivity index (χ3n) is 3.54. The maximum absolute atomic E-state index is 11.2. The summed E-state index contributed by atoms with van der Waals surface area (Å²) in [5.74, 6) is -1.93. The summed E-state index contributed by atoms with van der Waals surface area (Å²) in [6.45, 7) is 6.45. The molecular formula is C12H16O4. The Morgan fingerprint density at radius 2 is 1.19 bits per heavy atom. The van der Waals surface area contributed by atoms with E-state index in [-0.39, 0.29) is 0 Å². The quantitative estimate of drug-likeness (QED) is 0.704. The van der Waals surface area contributed by atoms with Gasteiger partial charge < -0.3 is 10.2 Å². The Morgan fingerprint density at radius 1 is 0.938 bits per heavy atom. The number of carboxylic acid groups (broad SMARTS) is 2. The summed E-state index contributed by atoms with van der Waals surface area (Å²) in [5, 5.41) is 18.3. The molecule has 1 aliphatic carbocycles. The highest BCUT2D eigenvalue weighted by molar-refractivity contribution is 5.86. The topological polar surface area (TPSA) is 74.6 Å². The molecule has 0 aromatic carbocycles. The van der Waals surface area contributed by atoms with Gasteiger partial charge in [-0.1, -0.05) is 23.3 Å². The zero-order chi connectivity index (χ0) is 12.7. The molecule has 4 nitrogen and oxygen atoms in total. The number of carboxylic acids is 2. The Bertz CT molecular complexity index is 379. The standard InChI is InChI=1S/C12H16O4/c1-7-5-12(4,10(15)16)8(2)6-11(7,3)9(13)14/h5-6H,1-4H3,(H,13,14)(H,15,16). The van der Waals surface area contributed by atoms with Crippen LogP contribution in [0.25, 0.3) is 0 Å². The first-order valence-corrected chi connectivity index (χ1v) is 5.01. The summed E-state index contributed by atoms with van der Waals surface area (Å²) in [4.78, 5) is 22.4. The van der Waals surface area contributed by atoms with Gasteiger partial charge in [0, 0.05) is 0 Å². The third kappa shape index (κ3) is 1.54. The van der Waals surface area contributed by atoms with Crippen molar-refractivity contribution in [2.24, 2.45) is 10.8 Å². The van der Waals surface area contributed by atoms with Crippen molar-refractivity contribution in [3.63, 3.8) is 0 Å². The van der Waals surface area contributed by atoms with Gasteiger partial charge in [-0.2, -0.15) is 0 Å². The van der Waals surface area contributed by atoms with E-state index in [1.165, 1.54) is 12.2 Å². The van der Waals surface area contributed by atoms with Gasteiger partial charge in [0.05, 0.1) is 0 Å². The maximum atomic E-state index is 11.2. The van der Waals surface area contributed by atoms with Crippen LogP contribution in [0.15, 0.2) is 23.3 Å². The second-order valence-electron chi connectivity index (χ2n) is 4.67. The molecule has 88 valence electrons. The van der Waals surface area contributed by atoms with Gasteiger partial charge in [0.1, 0.15) is 10.8 Å². The molecule has 0 amide bonds. The van der Waals surface area contributed by atoms with Crippen molar-refractivity contribution in [3.05, 3.63) is 23.3 Å². The molecule has 0 aromatic rings. The molecule has 0 aromatic heterocycles. The van der Waals surface area contributed by atoms with Crippen molar-refractivity contribution < 1.29 is 19.8 Å². The number of hydrogen-bond donors (Lipinski definition) is 2. The van der Waals surface area contributed by atoms with Gasteiger partial charge in [-0.15, -0.1) is 0 Å². The summed E-state index contributed by atoms with van der Waals surface area (Å²) in [5.41, 5.74) is -1.09. The summed E-state index contributed by atoms with van der Waals surface area (Å²) < 4.78 is 0. The predicted octanol–water partition coefficient (Wildman–Crippen LogP) is 2.07. The Kier molecular flexibility index (Phi) is 2.71. The third-order valence-corrected chi connectivity index (χ3v) is 3.54. The molecule has 2 atom stereocenters. The minimum Gasteiger partial charge on any atom is -0.480 e. The Morgan fingerprint density at radius 3 is 1.38 bits per heavy atom. The van der Waals surface area contributed by atoms with Gasteiger partial charge in [0.2, 0.25) is 0 Å². The van der Waals surface area contributed by atoms with Crippen LogP contribution in [0.2, 0.25) is 0 Å². The molecule has 16 heavy (non-hydrogen) atoms. The molecule has 1 rings (SSSR count). The van der Waals surface area contributed by atoms with Crippen LogP contribution in [0.4, 0.5) is 0 Å². The Labute approximate surface area is 94.3 Å². The number of aliphatic carboxylic acids is 2. The fourth-order valence-corrected chi connectivity index (χ4v) is 1.85. The SMILES string of the molecule is CC1=CC(C)(C(=O)O)C(C)=CC1(C)C(=O)O. The molecule has 0 aliphatic heterocycles. The van der Waals surface area contributed by atoms with Crippen molar-refractivity contribution in [2.75, 3.05) is 0 Å². The number of hydrogen-bond acceptors (Lipinski definition) is 2. The lowest BCUT2D eigenvalue weighted by atomic mass is 9.68. The van der Waals surface area contributed by atoms with E-state index in [4.69, 9.17) is 10.2 Å². The molecule has 0 heterocycles. The lowest BCUT2D eigenvalue weighted by molar-refractivity contribution is -0.146. The van der Waals surface area contributed by atoms with Crippen molar-refractivity contribution in [1.82, 2.24) is 0 Å². The molecule has 2 N–H and O–H groups in total.